The molecule has 1 saturated heterocycles. The number of methoxy groups -OCH3 is 1. The van der Waals surface area contributed by atoms with Crippen LogP contribution in [0.25, 0.3) is 0 Å². The van der Waals surface area contributed by atoms with Gasteiger partial charge < -0.3 is 9.64 Å². The van der Waals surface area contributed by atoms with Crippen molar-refractivity contribution in [2.75, 3.05) is 12.0 Å². The van der Waals surface area contributed by atoms with Crippen LogP contribution in [0.15, 0.2) is 24.3 Å². The SMILES string of the molecule is CC[C@@]1(C(=O)OC)[C@@H]2Cc3ccccc3N21. The van der Waals surface area contributed by atoms with Gasteiger partial charge in [-0.2, -0.15) is 0 Å². The Labute approximate surface area is 95.0 Å². The monoisotopic (exact) mass is 217 g/mol. The Bertz CT molecular complexity index is 457. The summed E-state index contributed by atoms with van der Waals surface area (Å²) in [4.78, 5) is 14.1. The molecule has 3 heteroatoms. The van der Waals surface area contributed by atoms with Crippen LogP contribution in [0.2, 0.25) is 0 Å². The number of carbonyl (C=O) groups excluding carboxylic acids is 1. The van der Waals surface area contributed by atoms with Crippen molar-refractivity contribution in [2.24, 2.45) is 0 Å². The maximum atomic E-state index is 11.9. The van der Waals surface area contributed by atoms with Gasteiger partial charge in [-0.15, -0.1) is 0 Å². The van der Waals surface area contributed by atoms with E-state index in [4.69, 9.17) is 4.74 Å². The van der Waals surface area contributed by atoms with Crippen LogP contribution in [0.1, 0.15) is 18.9 Å². The first-order valence-electron chi connectivity index (χ1n) is 5.71. The number of para-hydroxylation sites is 1. The number of hydrogen-bond donors (Lipinski definition) is 0. The Morgan fingerprint density at radius 3 is 3.00 bits per heavy atom. The van der Waals surface area contributed by atoms with Crippen molar-refractivity contribution in [1.82, 2.24) is 0 Å². The lowest BCUT2D eigenvalue weighted by atomic mass is 9.95. The van der Waals surface area contributed by atoms with Gasteiger partial charge in [-0.05, 0) is 24.5 Å². The van der Waals surface area contributed by atoms with Crippen molar-refractivity contribution < 1.29 is 9.53 Å². The summed E-state index contributed by atoms with van der Waals surface area (Å²) in [5.41, 5.74) is 2.18. The molecule has 0 saturated carbocycles. The van der Waals surface area contributed by atoms with Crippen LogP contribution < -0.4 is 4.90 Å². The fourth-order valence-electron chi connectivity index (χ4n) is 3.12. The molecule has 2 atom stereocenters. The molecule has 0 amide bonds. The van der Waals surface area contributed by atoms with Gasteiger partial charge in [-0.3, -0.25) is 0 Å². The second-order valence-corrected chi connectivity index (χ2v) is 4.49. The van der Waals surface area contributed by atoms with E-state index in [2.05, 4.69) is 30.0 Å². The summed E-state index contributed by atoms with van der Waals surface area (Å²) >= 11 is 0. The van der Waals surface area contributed by atoms with Crippen molar-refractivity contribution in [3.63, 3.8) is 0 Å². The zero-order chi connectivity index (χ0) is 11.3. The van der Waals surface area contributed by atoms with E-state index in [0.717, 1.165) is 12.8 Å². The molecule has 16 heavy (non-hydrogen) atoms. The zero-order valence-electron chi connectivity index (χ0n) is 9.56. The Balaban J connectivity index is 2.00. The van der Waals surface area contributed by atoms with E-state index in [1.165, 1.54) is 18.4 Å². The molecule has 1 aromatic rings. The fourth-order valence-corrected chi connectivity index (χ4v) is 3.12. The molecule has 3 nitrogen and oxygen atoms in total. The maximum absolute atomic E-state index is 11.9. The largest absolute Gasteiger partial charge is 0.467 e. The highest BCUT2D eigenvalue weighted by Gasteiger charge is 2.70. The highest BCUT2D eigenvalue weighted by Crippen LogP contribution is 2.55. The van der Waals surface area contributed by atoms with Crippen LogP contribution in [-0.2, 0) is 16.0 Å². The third-order valence-electron chi connectivity index (χ3n) is 3.97. The predicted octanol–water partition coefficient (Wildman–Crippen LogP) is 1.75. The number of fused-ring (bicyclic) bond motifs is 3. The number of rotatable bonds is 2. The van der Waals surface area contributed by atoms with Gasteiger partial charge in [-0.1, -0.05) is 25.1 Å². The van der Waals surface area contributed by atoms with Crippen molar-refractivity contribution in [2.45, 2.75) is 31.3 Å². The Kier molecular flexibility index (Phi) is 1.82. The quantitative estimate of drug-likeness (QED) is 0.558. The van der Waals surface area contributed by atoms with E-state index in [0.29, 0.717) is 6.04 Å². The van der Waals surface area contributed by atoms with Crippen molar-refractivity contribution in [3.05, 3.63) is 29.8 Å². The van der Waals surface area contributed by atoms with Crippen LogP contribution in [-0.4, -0.2) is 24.7 Å². The van der Waals surface area contributed by atoms with Crippen molar-refractivity contribution >= 4 is 11.7 Å². The standard InChI is InChI=1S/C13H15NO2/c1-3-13(12(15)16-2)11-8-9-6-4-5-7-10(9)14(11)13/h4-7,11H,3,8H2,1-2H3/t11-,13-,14?/m0/s1. The number of esters is 1. The number of hydrogen-bond acceptors (Lipinski definition) is 3. The Morgan fingerprint density at radius 1 is 1.56 bits per heavy atom. The van der Waals surface area contributed by atoms with Gasteiger partial charge in [0.1, 0.15) is 0 Å². The van der Waals surface area contributed by atoms with Gasteiger partial charge in [0.15, 0.2) is 5.54 Å². The number of nitrogens with zero attached hydrogens (tertiary/aromatic N) is 1. The maximum Gasteiger partial charge on any atom is 0.333 e. The van der Waals surface area contributed by atoms with Gasteiger partial charge in [0.2, 0.25) is 0 Å². The zero-order valence-corrected chi connectivity index (χ0v) is 9.56. The molecule has 2 heterocycles. The predicted molar refractivity (Wildman–Crippen MR) is 61.5 cm³/mol. The second kappa shape index (κ2) is 3.00. The number of benzene rings is 1. The lowest BCUT2D eigenvalue weighted by Crippen LogP contribution is -2.33. The Hall–Kier alpha value is -1.51. The van der Waals surface area contributed by atoms with Gasteiger partial charge in [-0.25, -0.2) is 4.79 Å². The minimum atomic E-state index is -0.372. The van der Waals surface area contributed by atoms with E-state index < -0.39 is 0 Å². The average molecular weight is 217 g/mol. The molecule has 84 valence electrons. The molecule has 0 unspecified atom stereocenters. The van der Waals surface area contributed by atoms with Gasteiger partial charge >= 0.3 is 5.97 Å². The van der Waals surface area contributed by atoms with Crippen LogP contribution in [0.5, 0.6) is 0 Å². The van der Waals surface area contributed by atoms with Gasteiger partial charge in [0, 0.05) is 5.69 Å². The first-order valence-corrected chi connectivity index (χ1v) is 5.71. The van der Waals surface area contributed by atoms with Gasteiger partial charge in [0.25, 0.3) is 0 Å². The van der Waals surface area contributed by atoms with Crippen LogP contribution >= 0.6 is 0 Å². The van der Waals surface area contributed by atoms with E-state index in [1.807, 2.05) is 6.07 Å². The average Bonchev–Trinajstić information content (AvgIpc) is 2.80. The molecule has 0 aromatic heterocycles. The molecule has 2 aliphatic rings. The summed E-state index contributed by atoms with van der Waals surface area (Å²) < 4.78 is 4.94. The first-order chi connectivity index (χ1) is 7.75. The normalized spacial score (nSPS) is 29.6. The van der Waals surface area contributed by atoms with Crippen LogP contribution in [0.4, 0.5) is 5.69 Å². The summed E-state index contributed by atoms with van der Waals surface area (Å²) in [6.45, 7) is 2.05. The van der Waals surface area contributed by atoms with Crippen LogP contribution in [0.3, 0.4) is 0 Å². The van der Waals surface area contributed by atoms with Crippen molar-refractivity contribution in [1.29, 1.82) is 0 Å². The minimum Gasteiger partial charge on any atom is -0.467 e. The Morgan fingerprint density at radius 2 is 2.31 bits per heavy atom. The lowest BCUT2D eigenvalue weighted by molar-refractivity contribution is -0.143. The lowest BCUT2D eigenvalue weighted by Gasteiger charge is -2.17. The number of ether oxygens (including phenoxy) is 1. The van der Waals surface area contributed by atoms with E-state index in [1.54, 1.807) is 0 Å². The third kappa shape index (κ3) is 0.913. The molecular formula is C13H15NO2. The second-order valence-electron chi connectivity index (χ2n) is 4.49. The van der Waals surface area contributed by atoms with Gasteiger partial charge in [0.05, 0.1) is 13.2 Å². The number of anilines is 1. The molecule has 1 aromatic carbocycles. The number of carbonyl (C=O) groups is 1. The topological polar surface area (TPSA) is 29.3 Å². The highest BCUT2D eigenvalue weighted by molar-refractivity contribution is 5.96. The molecule has 0 aliphatic carbocycles. The highest BCUT2D eigenvalue weighted by atomic mass is 16.5. The molecule has 0 N–H and O–H groups in total. The first kappa shape index (κ1) is 9.70. The molecule has 1 fully saturated rings. The summed E-state index contributed by atoms with van der Waals surface area (Å²) in [5, 5.41) is 0. The summed E-state index contributed by atoms with van der Waals surface area (Å²) in [6, 6.07) is 8.63. The van der Waals surface area contributed by atoms with E-state index in [-0.39, 0.29) is 11.5 Å². The van der Waals surface area contributed by atoms with Crippen molar-refractivity contribution in [3.8, 4) is 0 Å². The summed E-state index contributed by atoms with van der Waals surface area (Å²) in [6.07, 6.45) is 1.79. The van der Waals surface area contributed by atoms with E-state index in [9.17, 15) is 4.79 Å². The smallest absolute Gasteiger partial charge is 0.333 e. The molecule has 3 rings (SSSR count). The molecule has 0 radical (unpaired) electrons. The molecular weight excluding hydrogens is 202 g/mol. The molecule has 0 spiro atoms. The molecule has 2 aliphatic heterocycles. The molecule has 0 bridgehead atoms. The van der Waals surface area contributed by atoms with Crippen LogP contribution in [0, 0.1) is 0 Å². The van der Waals surface area contributed by atoms with E-state index >= 15 is 0 Å². The third-order valence-corrected chi connectivity index (χ3v) is 3.97. The summed E-state index contributed by atoms with van der Waals surface area (Å²) in [7, 11) is 1.47. The summed E-state index contributed by atoms with van der Waals surface area (Å²) in [5.74, 6) is -0.0884. The minimum absolute atomic E-state index is 0.0884. The fraction of sp³-hybridized carbons (Fsp3) is 0.462.